The predicted octanol–water partition coefficient (Wildman–Crippen LogP) is 6.68. The third kappa shape index (κ3) is 4.76. The number of imidazole rings is 1. The minimum atomic E-state index is -0.832. The van der Waals surface area contributed by atoms with Gasteiger partial charge in [-0.3, -0.25) is 9.48 Å². The van der Waals surface area contributed by atoms with Crippen molar-refractivity contribution in [2.45, 2.75) is 25.9 Å². The van der Waals surface area contributed by atoms with Crippen molar-refractivity contribution < 1.29 is 23.4 Å². The molecule has 0 aliphatic carbocycles. The Hall–Kier alpha value is -4.94. The van der Waals surface area contributed by atoms with E-state index in [1.165, 1.54) is 17.4 Å². The molecule has 0 saturated carbocycles. The molecule has 2 atom stereocenters. The molecule has 1 N–H and O–H groups in total. The first kappa shape index (κ1) is 29.8. The van der Waals surface area contributed by atoms with Crippen LogP contribution in [0.15, 0.2) is 66.8 Å². The standard InChI is InChI=1S/C34H30F2N6O3S/c1-5-29(44)41-16-18(2)42-27(19(41)3)15-25(39-42)33-31(30-23(36)13-21(35)14-28(30)45-10-9-43)34-22(8-11-46-34)32(38-33)20-6-7-26-24(12-20)37-17-40(26)4/h5-8,11-15,17-19,43H,1,9-10,16H2,2-4H3. The number of thiophene rings is 1. The van der Waals surface area contributed by atoms with Gasteiger partial charge in [-0.2, -0.15) is 5.10 Å². The predicted molar refractivity (Wildman–Crippen MR) is 174 cm³/mol. The second-order valence-electron chi connectivity index (χ2n) is 11.4. The summed E-state index contributed by atoms with van der Waals surface area (Å²) in [5.74, 6) is -1.88. The highest BCUT2D eigenvalue weighted by Crippen LogP contribution is 2.48. The summed E-state index contributed by atoms with van der Waals surface area (Å²) in [6.45, 7) is 7.50. The average Bonchev–Trinajstić information content (AvgIpc) is 3.80. The first-order valence-electron chi connectivity index (χ1n) is 14.8. The fourth-order valence-electron chi connectivity index (χ4n) is 6.28. The monoisotopic (exact) mass is 640 g/mol. The van der Waals surface area contributed by atoms with Crippen molar-refractivity contribution in [3.05, 3.63) is 84.2 Å². The number of hydrogen-bond acceptors (Lipinski definition) is 7. The van der Waals surface area contributed by atoms with E-state index in [1.807, 2.05) is 65.9 Å². The molecule has 2 unspecified atom stereocenters. The van der Waals surface area contributed by atoms with Gasteiger partial charge in [0.15, 0.2) is 0 Å². The second kappa shape index (κ2) is 11.5. The molecule has 1 aliphatic rings. The molecule has 5 heterocycles. The van der Waals surface area contributed by atoms with E-state index in [9.17, 15) is 14.3 Å². The van der Waals surface area contributed by atoms with Crippen molar-refractivity contribution in [3.63, 3.8) is 0 Å². The van der Waals surface area contributed by atoms with Gasteiger partial charge in [0.25, 0.3) is 0 Å². The fourth-order valence-corrected chi connectivity index (χ4v) is 7.22. The molecule has 9 nitrogen and oxygen atoms in total. The molecule has 2 aromatic carbocycles. The topological polar surface area (TPSA) is 98.3 Å². The largest absolute Gasteiger partial charge is 0.490 e. The smallest absolute Gasteiger partial charge is 0.246 e. The number of aliphatic hydroxyl groups is 1. The SMILES string of the molecule is C=CC(=O)N1CC(C)n2nc(-c3nc(-c4ccc5c(c4)ncn5C)c4ccsc4c3-c3c(F)cc(F)cc3OCCO)cc2C1C. The van der Waals surface area contributed by atoms with Crippen molar-refractivity contribution >= 4 is 38.4 Å². The van der Waals surface area contributed by atoms with Gasteiger partial charge >= 0.3 is 0 Å². The fraction of sp³-hybridized carbons (Fsp3) is 0.235. The molecular weight excluding hydrogens is 610 g/mol. The molecule has 0 bridgehead atoms. The second-order valence-corrected chi connectivity index (χ2v) is 12.3. The number of aromatic nitrogens is 5. The number of nitrogens with zero attached hydrogens (tertiary/aromatic N) is 6. The van der Waals surface area contributed by atoms with Gasteiger partial charge < -0.3 is 19.3 Å². The van der Waals surface area contributed by atoms with E-state index in [0.29, 0.717) is 33.9 Å². The summed E-state index contributed by atoms with van der Waals surface area (Å²) in [6.07, 6.45) is 3.05. The maximum Gasteiger partial charge on any atom is 0.246 e. The number of hydrogen-bond donors (Lipinski definition) is 1. The molecule has 234 valence electrons. The Morgan fingerprint density at radius 1 is 1.15 bits per heavy atom. The number of amides is 1. The molecule has 0 fully saturated rings. The summed E-state index contributed by atoms with van der Waals surface area (Å²) in [5, 5.41) is 17.1. The number of ether oxygens (including phenoxy) is 1. The first-order chi connectivity index (χ1) is 22.2. The minimum Gasteiger partial charge on any atom is -0.490 e. The number of carbonyl (C=O) groups is 1. The van der Waals surface area contributed by atoms with Crippen LogP contribution in [0.2, 0.25) is 0 Å². The van der Waals surface area contributed by atoms with Crippen molar-refractivity contribution in [2.75, 3.05) is 19.8 Å². The Balaban J connectivity index is 1.53. The van der Waals surface area contributed by atoms with Crippen LogP contribution in [-0.2, 0) is 11.8 Å². The van der Waals surface area contributed by atoms with Crippen LogP contribution in [0.4, 0.5) is 8.78 Å². The van der Waals surface area contributed by atoms with Crippen molar-refractivity contribution in [1.82, 2.24) is 29.2 Å². The highest BCUT2D eigenvalue weighted by molar-refractivity contribution is 7.18. The molecule has 1 amide bonds. The van der Waals surface area contributed by atoms with E-state index in [1.54, 1.807) is 11.2 Å². The van der Waals surface area contributed by atoms with Gasteiger partial charge in [-0.1, -0.05) is 12.6 Å². The van der Waals surface area contributed by atoms with Gasteiger partial charge in [-0.05, 0) is 49.6 Å². The lowest BCUT2D eigenvalue weighted by Gasteiger charge is -2.36. The van der Waals surface area contributed by atoms with Crippen LogP contribution in [0.3, 0.4) is 0 Å². The maximum atomic E-state index is 16.0. The molecule has 6 aromatic rings. The lowest BCUT2D eigenvalue weighted by molar-refractivity contribution is -0.129. The Kier molecular flexibility index (Phi) is 7.41. The van der Waals surface area contributed by atoms with Gasteiger partial charge in [-0.25, -0.2) is 18.7 Å². The highest BCUT2D eigenvalue weighted by atomic mass is 32.1. The third-order valence-electron chi connectivity index (χ3n) is 8.46. The number of aryl methyl sites for hydroxylation is 1. The summed E-state index contributed by atoms with van der Waals surface area (Å²) in [4.78, 5) is 24.2. The number of rotatable bonds is 7. The van der Waals surface area contributed by atoms with Gasteiger partial charge in [-0.15, -0.1) is 11.3 Å². The molecule has 0 spiro atoms. The summed E-state index contributed by atoms with van der Waals surface area (Å²) in [7, 11) is 1.93. The Morgan fingerprint density at radius 3 is 2.76 bits per heavy atom. The molecule has 0 saturated heterocycles. The summed E-state index contributed by atoms with van der Waals surface area (Å²) < 4.78 is 40.8. The maximum absolute atomic E-state index is 16.0. The van der Waals surface area contributed by atoms with Crippen molar-refractivity contribution in [1.29, 1.82) is 0 Å². The lowest BCUT2D eigenvalue weighted by Crippen LogP contribution is -2.42. The van der Waals surface area contributed by atoms with E-state index in [2.05, 4.69) is 11.6 Å². The van der Waals surface area contributed by atoms with Gasteiger partial charge in [0, 0.05) is 46.9 Å². The molecule has 7 rings (SSSR count). The summed E-state index contributed by atoms with van der Waals surface area (Å²) in [6, 6.07) is 11.2. The van der Waals surface area contributed by atoms with Crippen LogP contribution in [-0.4, -0.2) is 60.0 Å². The van der Waals surface area contributed by atoms with Crippen LogP contribution in [0.1, 0.15) is 31.6 Å². The first-order valence-corrected chi connectivity index (χ1v) is 15.7. The van der Waals surface area contributed by atoms with E-state index in [0.717, 1.165) is 39.8 Å². The normalized spacial score (nSPS) is 16.3. The van der Waals surface area contributed by atoms with Crippen LogP contribution in [0.5, 0.6) is 5.75 Å². The summed E-state index contributed by atoms with van der Waals surface area (Å²) in [5.41, 5.74) is 5.26. The number of fused-ring (bicyclic) bond motifs is 3. The number of pyridine rings is 1. The Labute approximate surface area is 267 Å². The van der Waals surface area contributed by atoms with Gasteiger partial charge in [0.2, 0.25) is 5.91 Å². The molecule has 12 heteroatoms. The van der Waals surface area contributed by atoms with Crippen LogP contribution >= 0.6 is 11.3 Å². The summed E-state index contributed by atoms with van der Waals surface area (Å²) >= 11 is 1.40. The Morgan fingerprint density at radius 2 is 1.98 bits per heavy atom. The molecule has 0 radical (unpaired) electrons. The number of halogens is 2. The zero-order valence-electron chi connectivity index (χ0n) is 25.4. The van der Waals surface area contributed by atoms with E-state index in [-0.39, 0.29) is 42.5 Å². The van der Waals surface area contributed by atoms with E-state index < -0.39 is 11.6 Å². The number of benzene rings is 2. The average molecular weight is 641 g/mol. The Bertz CT molecular complexity index is 2170. The van der Waals surface area contributed by atoms with Crippen molar-refractivity contribution in [2.24, 2.45) is 7.05 Å². The molecule has 4 aromatic heterocycles. The van der Waals surface area contributed by atoms with Crippen LogP contribution in [0, 0.1) is 11.6 Å². The lowest BCUT2D eigenvalue weighted by atomic mass is 9.96. The molecule has 1 aliphatic heterocycles. The number of aliphatic hydroxyl groups excluding tert-OH is 1. The van der Waals surface area contributed by atoms with Crippen LogP contribution in [0.25, 0.3) is 54.9 Å². The number of carbonyl (C=O) groups excluding carboxylic acids is 1. The quantitative estimate of drug-likeness (QED) is 0.196. The zero-order chi connectivity index (χ0) is 32.3. The highest BCUT2D eigenvalue weighted by Gasteiger charge is 2.34. The molecule has 46 heavy (non-hydrogen) atoms. The van der Waals surface area contributed by atoms with E-state index in [4.69, 9.17) is 14.8 Å². The zero-order valence-corrected chi connectivity index (χ0v) is 26.2. The van der Waals surface area contributed by atoms with Gasteiger partial charge in [0.05, 0.1) is 53.0 Å². The van der Waals surface area contributed by atoms with Crippen molar-refractivity contribution in [3.8, 4) is 39.5 Å². The van der Waals surface area contributed by atoms with Crippen LogP contribution < -0.4 is 4.74 Å². The molecular formula is C34H30F2N6O3S. The minimum absolute atomic E-state index is 0.0204. The third-order valence-corrected chi connectivity index (χ3v) is 9.40. The van der Waals surface area contributed by atoms with Gasteiger partial charge in [0.1, 0.15) is 35.4 Å². The van der Waals surface area contributed by atoms with E-state index >= 15 is 4.39 Å².